The number of esters is 1. The highest BCUT2D eigenvalue weighted by Gasteiger charge is 2.26. The maximum atomic E-state index is 12.0. The molecule has 4 heteroatoms. The summed E-state index contributed by atoms with van der Waals surface area (Å²) in [5.74, 6) is -0.554. The highest BCUT2D eigenvalue weighted by molar-refractivity contribution is 5.89. The Morgan fingerprint density at radius 3 is 2.32 bits per heavy atom. The minimum Gasteiger partial charge on any atom is -0.459 e. The fourth-order valence-electron chi connectivity index (χ4n) is 2.43. The highest BCUT2D eigenvalue weighted by atomic mass is 16.6. The number of carbonyl (C=O) groups excluding carboxylic acids is 1. The minimum absolute atomic E-state index is 0.0888. The second-order valence-electron chi connectivity index (χ2n) is 5.89. The first-order valence-corrected chi connectivity index (χ1v) is 8.30. The molecule has 0 aliphatic heterocycles. The first-order chi connectivity index (χ1) is 12.1. The van der Waals surface area contributed by atoms with E-state index in [4.69, 9.17) is 9.47 Å². The molecular formula is C21H24O4. The second kappa shape index (κ2) is 9.77. The molecule has 0 radical (unpaired) electrons. The van der Waals surface area contributed by atoms with E-state index in [1.54, 1.807) is 30.3 Å². The Bertz CT molecular complexity index is 654. The number of aliphatic hydroxyl groups excluding tert-OH is 1. The zero-order valence-corrected chi connectivity index (χ0v) is 14.4. The summed E-state index contributed by atoms with van der Waals surface area (Å²) in [6.45, 7) is 5.91. The van der Waals surface area contributed by atoms with E-state index in [-0.39, 0.29) is 12.5 Å². The van der Waals surface area contributed by atoms with E-state index in [1.165, 1.54) is 0 Å². The monoisotopic (exact) mass is 340 g/mol. The van der Waals surface area contributed by atoms with Crippen LogP contribution in [0.2, 0.25) is 0 Å². The fraction of sp³-hybridized carbons (Fsp3) is 0.286. The third kappa shape index (κ3) is 5.85. The van der Waals surface area contributed by atoms with Gasteiger partial charge < -0.3 is 14.6 Å². The summed E-state index contributed by atoms with van der Waals surface area (Å²) in [6.07, 6.45) is 0.267. The van der Waals surface area contributed by atoms with Gasteiger partial charge in [-0.15, -0.1) is 6.58 Å². The number of benzene rings is 2. The molecule has 0 aliphatic rings. The molecule has 0 unspecified atom stereocenters. The normalized spacial score (nSPS) is 14.3. The SMILES string of the molecule is C=C[C@@H](C)[C@H](OCc1ccccc1)[C@H](O)COC(=O)c1ccccc1. The van der Waals surface area contributed by atoms with Crippen LogP contribution in [0.1, 0.15) is 22.8 Å². The zero-order valence-electron chi connectivity index (χ0n) is 14.4. The van der Waals surface area contributed by atoms with E-state index in [0.717, 1.165) is 5.56 Å². The van der Waals surface area contributed by atoms with Crippen LogP contribution in [-0.2, 0) is 16.1 Å². The quantitative estimate of drug-likeness (QED) is 0.560. The van der Waals surface area contributed by atoms with Crippen molar-refractivity contribution in [2.45, 2.75) is 25.7 Å². The maximum Gasteiger partial charge on any atom is 0.338 e. The summed E-state index contributed by atoms with van der Waals surface area (Å²) >= 11 is 0. The summed E-state index contributed by atoms with van der Waals surface area (Å²) in [6, 6.07) is 18.4. The summed E-state index contributed by atoms with van der Waals surface area (Å²) in [4.78, 5) is 12.0. The first-order valence-electron chi connectivity index (χ1n) is 8.30. The molecular weight excluding hydrogens is 316 g/mol. The van der Waals surface area contributed by atoms with Crippen LogP contribution in [0.3, 0.4) is 0 Å². The molecule has 2 aromatic rings. The molecule has 0 aliphatic carbocycles. The van der Waals surface area contributed by atoms with Crippen molar-refractivity contribution in [2.24, 2.45) is 5.92 Å². The maximum absolute atomic E-state index is 12.0. The van der Waals surface area contributed by atoms with Crippen LogP contribution in [0.4, 0.5) is 0 Å². The molecule has 0 amide bonds. The molecule has 0 bridgehead atoms. The van der Waals surface area contributed by atoms with Crippen molar-refractivity contribution >= 4 is 5.97 Å². The van der Waals surface area contributed by atoms with Gasteiger partial charge >= 0.3 is 5.97 Å². The highest BCUT2D eigenvalue weighted by Crippen LogP contribution is 2.16. The Balaban J connectivity index is 1.92. The third-order valence-corrected chi connectivity index (χ3v) is 3.95. The second-order valence-corrected chi connectivity index (χ2v) is 5.89. The number of ether oxygens (including phenoxy) is 2. The van der Waals surface area contributed by atoms with Crippen molar-refractivity contribution in [1.29, 1.82) is 0 Å². The van der Waals surface area contributed by atoms with Gasteiger partial charge in [-0.05, 0) is 17.7 Å². The summed E-state index contributed by atoms with van der Waals surface area (Å²) in [5, 5.41) is 10.4. The zero-order chi connectivity index (χ0) is 18.1. The molecule has 0 saturated heterocycles. The molecule has 1 N–H and O–H groups in total. The molecule has 2 aromatic carbocycles. The molecule has 2 rings (SSSR count). The van der Waals surface area contributed by atoms with E-state index < -0.39 is 18.2 Å². The van der Waals surface area contributed by atoms with Gasteiger partial charge in [-0.25, -0.2) is 4.79 Å². The van der Waals surface area contributed by atoms with Gasteiger partial charge in [0.1, 0.15) is 12.7 Å². The summed E-state index contributed by atoms with van der Waals surface area (Å²) in [5.41, 5.74) is 1.46. The van der Waals surface area contributed by atoms with Crippen LogP contribution in [0.5, 0.6) is 0 Å². The van der Waals surface area contributed by atoms with E-state index in [9.17, 15) is 9.90 Å². The molecule has 25 heavy (non-hydrogen) atoms. The molecule has 4 nitrogen and oxygen atoms in total. The molecule has 0 heterocycles. The summed E-state index contributed by atoms with van der Waals surface area (Å²) < 4.78 is 11.1. The van der Waals surface area contributed by atoms with Gasteiger partial charge in [0.15, 0.2) is 0 Å². The van der Waals surface area contributed by atoms with Crippen molar-refractivity contribution in [3.05, 3.63) is 84.4 Å². The van der Waals surface area contributed by atoms with E-state index in [1.807, 2.05) is 43.3 Å². The van der Waals surface area contributed by atoms with Crippen LogP contribution >= 0.6 is 0 Å². The van der Waals surface area contributed by atoms with Gasteiger partial charge in [0, 0.05) is 5.92 Å². The van der Waals surface area contributed by atoms with Crippen LogP contribution in [0.25, 0.3) is 0 Å². The number of carbonyl (C=O) groups is 1. The molecule has 132 valence electrons. The topological polar surface area (TPSA) is 55.8 Å². The fourth-order valence-corrected chi connectivity index (χ4v) is 2.43. The number of rotatable bonds is 9. The molecule has 0 spiro atoms. The number of hydrogen-bond acceptors (Lipinski definition) is 4. The molecule has 0 fully saturated rings. The van der Waals surface area contributed by atoms with Crippen molar-refractivity contribution in [1.82, 2.24) is 0 Å². The Hall–Kier alpha value is -2.43. The lowest BCUT2D eigenvalue weighted by atomic mass is 10.00. The van der Waals surface area contributed by atoms with Crippen LogP contribution in [0, 0.1) is 5.92 Å². The van der Waals surface area contributed by atoms with Crippen LogP contribution in [-0.4, -0.2) is 29.9 Å². The first kappa shape index (κ1) is 18.9. The van der Waals surface area contributed by atoms with Crippen molar-refractivity contribution in [3.63, 3.8) is 0 Å². The van der Waals surface area contributed by atoms with Crippen molar-refractivity contribution < 1.29 is 19.4 Å². The molecule has 0 saturated carbocycles. The number of aliphatic hydroxyl groups is 1. The van der Waals surface area contributed by atoms with Gasteiger partial charge in [0.05, 0.1) is 18.3 Å². The van der Waals surface area contributed by atoms with Gasteiger partial charge in [0.2, 0.25) is 0 Å². The summed E-state index contributed by atoms with van der Waals surface area (Å²) in [7, 11) is 0. The Morgan fingerprint density at radius 2 is 1.72 bits per heavy atom. The Kier molecular flexibility index (Phi) is 7.38. The average molecular weight is 340 g/mol. The minimum atomic E-state index is -0.940. The molecule has 0 aromatic heterocycles. The van der Waals surface area contributed by atoms with E-state index in [2.05, 4.69) is 6.58 Å². The lowest BCUT2D eigenvalue weighted by molar-refractivity contribution is -0.0839. The smallest absolute Gasteiger partial charge is 0.338 e. The lowest BCUT2D eigenvalue weighted by Crippen LogP contribution is -2.38. The van der Waals surface area contributed by atoms with Gasteiger partial charge in [-0.1, -0.05) is 61.5 Å². The van der Waals surface area contributed by atoms with E-state index >= 15 is 0 Å². The average Bonchev–Trinajstić information content (AvgIpc) is 2.67. The molecule has 3 atom stereocenters. The van der Waals surface area contributed by atoms with Crippen molar-refractivity contribution in [3.8, 4) is 0 Å². The lowest BCUT2D eigenvalue weighted by Gasteiger charge is -2.27. The predicted octanol–water partition coefficient (Wildman–Crippen LogP) is 3.61. The Labute approximate surface area is 148 Å². The predicted molar refractivity (Wildman–Crippen MR) is 97.1 cm³/mol. The largest absolute Gasteiger partial charge is 0.459 e. The number of hydrogen-bond donors (Lipinski definition) is 1. The van der Waals surface area contributed by atoms with Crippen LogP contribution < -0.4 is 0 Å². The van der Waals surface area contributed by atoms with Gasteiger partial charge in [0.25, 0.3) is 0 Å². The Morgan fingerprint density at radius 1 is 1.12 bits per heavy atom. The standard InChI is InChI=1S/C21H24O4/c1-3-16(2)20(24-14-17-10-6-4-7-11-17)19(22)15-25-21(23)18-12-8-5-9-13-18/h3-13,16,19-20,22H,1,14-15H2,2H3/t16-,19-,20+/m1/s1. The van der Waals surface area contributed by atoms with Crippen LogP contribution in [0.15, 0.2) is 73.3 Å². The van der Waals surface area contributed by atoms with Gasteiger partial charge in [-0.2, -0.15) is 0 Å². The third-order valence-electron chi connectivity index (χ3n) is 3.95. The van der Waals surface area contributed by atoms with E-state index in [0.29, 0.717) is 12.2 Å². The van der Waals surface area contributed by atoms with Crippen molar-refractivity contribution in [2.75, 3.05) is 6.61 Å². The van der Waals surface area contributed by atoms with Gasteiger partial charge in [-0.3, -0.25) is 0 Å².